The summed E-state index contributed by atoms with van der Waals surface area (Å²) in [7, 11) is 23.8. The Balaban J connectivity index is 0.000000792. The normalized spacial score (nSPS) is 12.5. The first-order valence-electron chi connectivity index (χ1n) is 46.3. The number of carbonyl (C=O) groups excluding carboxylic acids is 6. The Kier molecular flexibility index (Phi) is 58.3. The van der Waals surface area contributed by atoms with Crippen LogP contribution in [0.3, 0.4) is 0 Å². The molecule has 6 atom stereocenters. The van der Waals surface area contributed by atoms with Crippen LogP contribution in [-0.2, 0) is 28.4 Å². The summed E-state index contributed by atoms with van der Waals surface area (Å²) in [5.74, 6) is 3.22. The van der Waals surface area contributed by atoms with E-state index in [2.05, 4.69) is 126 Å². The lowest BCUT2D eigenvalue weighted by atomic mass is 10.0. The number of nitrogen functional groups attached to an aromatic ring is 6. The molecule has 0 radical (unpaired) electrons. The number of rotatable bonds is 48. The average molecular weight is 1850 g/mol. The number of esters is 6. The largest absolute Gasteiger partial charge is 0.493 e. The van der Waals surface area contributed by atoms with Gasteiger partial charge in [-0.15, -0.1) is 0 Å². The predicted molar refractivity (Wildman–Crippen MR) is 535 cm³/mol. The third kappa shape index (κ3) is 44.8. The molecular formula is C102H168N12O18. The van der Waals surface area contributed by atoms with Crippen LogP contribution in [-0.4, -0.2) is 265 Å². The summed E-state index contributed by atoms with van der Waals surface area (Å²) in [6.45, 7) is 42.6. The molecule has 0 aliphatic rings. The van der Waals surface area contributed by atoms with Crippen molar-refractivity contribution in [3.05, 3.63) is 143 Å². The number of hydrogen-bond donors (Lipinski definition) is 6. The van der Waals surface area contributed by atoms with Gasteiger partial charge in [-0.25, -0.2) is 28.8 Å². The molecule has 12 N–H and O–H groups in total. The number of likely N-dealkylation sites (N-methyl/N-ethyl adjacent to an activating group) is 6. The van der Waals surface area contributed by atoms with E-state index in [1.165, 1.54) is 0 Å². The van der Waals surface area contributed by atoms with Gasteiger partial charge < -0.3 is 121 Å². The van der Waals surface area contributed by atoms with Crippen molar-refractivity contribution < 1.29 is 85.6 Å². The zero-order valence-electron chi connectivity index (χ0n) is 85.5. The first-order chi connectivity index (χ1) is 62.2. The Morgan fingerprint density at radius 2 is 0.455 bits per heavy atom. The standard InChI is InChI=1S/2C18H30N2O3.2C17H28N2O3.2C16H26N2O3/c1-6-7-10-22-17-11-14(19)8-9-15(17)18(21)23-12-16(13(2)3)20(4)5;1-6-7-10-22-17-11-14(8-9-15(17)19)18(21)23-12-16(13(2)3)20(4)5;1-6-9-21-16-10-13(18)7-8-14(16)17(20)22-11-15(12(2)3)19(4)5;1-6-9-21-16-10-13(7-8-14(16)18)17(20)22-11-15(12(2)3)19(4)5;1-6-20-15-9-12(17)7-8-13(15)16(19)21-10-14(11(2)3)18(4)5;1-6-20-15-9-12(7-8-13(15)17)16(19)21-10-14(11(2)3)18(4)5/h2*8-9,11,13,16H,6-7,10,12,19H2,1-5H3;2*7-8,10,12,15H,6,9,11,18H2,1-5H3;2*7-9,11,14H,6,10,17H2,1-5H3/t2*16-;2*15-;2*14-/m111111/s1. The molecule has 0 spiro atoms. The second kappa shape index (κ2) is 64.4. The van der Waals surface area contributed by atoms with E-state index in [-0.39, 0.29) is 72.1 Å². The SMILES string of the molecule is CCCCOc1cc(C(=O)OC[C@H](C(C)C)N(C)C)ccc1N.CCCCOc1cc(N)ccc1C(=O)OC[C@H](C(C)C)N(C)C.CCCOc1cc(C(=O)OC[C@H](C(C)C)N(C)C)ccc1N.CCCOc1cc(N)ccc1C(=O)OC[C@H](C(C)C)N(C)C.CCOc1cc(C(=O)OC[C@H](C(C)C)N(C)C)ccc1N.CCOc1cc(N)ccc1C(=O)OC[C@H](C(C)C)N(C)C. The average Bonchev–Trinajstić information content (AvgIpc) is 0.861. The summed E-state index contributed by atoms with van der Waals surface area (Å²) in [5.41, 5.74) is 40.7. The van der Waals surface area contributed by atoms with E-state index in [0.29, 0.717) is 217 Å². The summed E-state index contributed by atoms with van der Waals surface area (Å²) in [6, 6.07) is 31.0. The van der Waals surface area contributed by atoms with Crippen molar-refractivity contribution in [1.82, 2.24) is 29.4 Å². The number of nitrogens with two attached hydrogens (primary N) is 6. The van der Waals surface area contributed by atoms with Crippen molar-refractivity contribution >= 4 is 69.9 Å². The fourth-order valence-corrected chi connectivity index (χ4v) is 13.3. The molecule has 0 aliphatic carbocycles. The highest BCUT2D eigenvalue weighted by Crippen LogP contribution is 2.31. The molecule has 132 heavy (non-hydrogen) atoms. The first-order valence-corrected chi connectivity index (χ1v) is 46.3. The molecule has 0 saturated carbocycles. The van der Waals surface area contributed by atoms with Gasteiger partial charge in [-0.2, -0.15) is 0 Å². The number of benzene rings is 6. The number of ether oxygens (including phenoxy) is 12. The highest BCUT2D eigenvalue weighted by atomic mass is 16.6. The third-order valence-electron chi connectivity index (χ3n) is 21.4. The van der Waals surface area contributed by atoms with Crippen LogP contribution < -0.4 is 62.8 Å². The minimum absolute atomic E-state index is 0.178. The van der Waals surface area contributed by atoms with Gasteiger partial charge in [0.2, 0.25) is 0 Å². The number of nitrogens with zero attached hydrogens (tertiary/aromatic N) is 6. The highest BCUT2D eigenvalue weighted by Gasteiger charge is 2.28. The van der Waals surface area contributed by atoms with E-state index in [0.717, 1.165) is 38.5 Å². The summed E-state index contributed by atoms with van der Waals surface area (Å²) in [5, 5.41) is 0. The van der Waals surface area contributed by atoms with Crippen LogP contribution in [0.15, 0.2) is 109 Å². The summed E-state index contributed by atoms with van der Waals surface area (Å²) < 4.78 is 66.0. The molecule has 6 aromatic rings. The quantitative estimate of drug-likeness (QED) is 0.00894. The van der Waals surface area contributed by atoms with E-state index in [9.17, 15) is 28.8 Å². The fourth-order valence-electron chi connectivity index (χ4n) is 13.3. The zero-order valence-corrected chi connectivity index (χ0v) is 85.5. The topological polar surface area (TPSA) is 389 Å². The predicted octanol–water partition coefficient (Wildman–Crippen LogP) is 16.8. The molecule has 0 fully saturated rings. The second-order valence-corrected chi connectivity index (χ2v) is 35.7. The molecular weight excluding hydrogens is 1680 g/mol. The number of hydrogen-bond acceptors (Lipinski definition) is 30. The minimum Gasteiger partial charge on any atom is -0.493 e. The van der Waals surface area contributed by atoms with E-state index in [1.807, 2.05) is 112 Å². The molecule has 0 heterocycles. The molecule has 0 aliphatic heterocycles. The maximum absolute atomic E-state index is 12.4. The Morgan fingerprint density at radius 3 is 0.674 bits per heavy atom. The number of anilines is 6. The lowest BCUT2D eigenvalue weighted by Gasteiger charge is -2.27. The monoisotopic (exact) mass is 1850 g/mol. The Morgan fingerprint density at radius 1 is 0.250 bits per heavy atom. The molecule has 30 nitrogen and oxygen atoms in total. The number of unbranched alkanes of at least 4 members (excludes halogenated alkanes) is 2. The van der Waals surface area contributed by atoms with E-state index >= 15 is 0 Å². The molecule has 30 heteroatoms. The van der Waals surface area contributed by atoms with Gasteiger partial charge in [0.1, 0.15) is 90.8 Å². The van der Waals surface area contributed by atoms with Crippen LogP contribution >= 0.6 is 0 Å². The van der Waals surface area contributed by atoms with Crippen molar-refractivity contribution in [2.45, 2.75) is 199 Å². The highest BCUT2D eigenvalue weighted by molar-refractivity contribution is 5.95. The number of carbonyl (C=O) groups is 6. The van der Waals surface area contributed by atoms with Gasteiger partial charge >= 0.3 is 35.8 Å². The fraction of sp³-hybridized carbons (Fsp3) is 0.588. The smallest absolute Gasteiger partial charge is 0.341 e. The third-order valence-corrected chi connectivity index (χ3v) is 21.4. The molecule has 6 aromatic carbocycles. The second-order valence-electron chi connectivity index (χ2n) is 35.7. The van der Waals surface area contributed by atoms with Crippen LogP contribution in [0.5, 0.6) is 34.5 Å². The van der Waals surface area contributed by atoms with Gasteiger partial charge in [0.25, 0.3) is 0 Å². The summed E-state index contributed by atoms with van der Waals surface area (Å²) in [6.07, 6.45) is 5.70. The van der Waals surface area contributed by atoms with Gasteiger partial charge in [0.15, 0.2) is 0 Å². The van der Waals surface area contributed by atoms with Crippen LogP contribution in [0, 0.1) is 35.5 Å². The van der Waals surface area contributed by atoms with Crippen LogP contribution in [0.1, 0.15) is 225 Å². The van der Waals surface area contributed by atoms with Gasteiger partial charge in [-0.1, -0.05) is 124 Å². The van der Waals surface area contributed by atoms with Crippen molar-refractivity contribution in [2.24, 2.45) is 35.5 Å². The summed E-state index contributed by atoms with van der Waals surface area (Å²) in [4.78, 5) is 85.9. The molecule has 0 unspecified atom stereocenters. The first kappa shape index (κ1) is 120. The van der Waals surface area contributed by atoms with Crippen molar-refractivity contribution in [3.63, 3.8) is 0 Å². The lowest BCUT2D eigenvalue weighted by molar-refractivity contribution is 0.0337. The Labute approximate surface area is 791 Å². The van der Waals surface area contributed by atoms with Crippen molar-refractivity contribution in [3.8, 4) is 34.5 Å². The van der Waals surface area contributed by atoms with Gasteiger partial charge in [0, 0.05) is 71.5 Å². The van der Waals surface area contributed by atoms with Crippen LogP contribution in [0.2, 0.25) is 0 Å². The molecule has 6 rings (SSSR count). The van der Waals surface area contributed by atoms with Gasteiger partial charge in [-0.3, -0.25) is 0 Å². The molecule has 0 bridgehead atoms. The van der Waals surface area contributed by atoms with Gasteiger partial charge in [-0.05, 0) is 251 Å². The zero-order chi connectivity index (χ0) is 100. The molecule has 744 valence electrons. The maximum Gasteiger partial charge on any atom is 0.341 e. The van der Waals surface area contributed by atoms with E-state index < -0.39 is 0 Å². The van der Waals surface area contributed by atoms with E-state index in [4.69, 9.17) is 91.2 Å². The van der Waals surface area contributed by atoms with Gasteiger partial charge in [0.05, 0.1) is 73.4 Å². The van der Waals surface area contributed by atoms with Crippen LogP contribution in [0.4, 0.5) is 34.1 Å². The maximum atomic E-state index is 12.4. The van der Waals surface area contributed by atoms with Crippen LogP contribution in [0.25, 0.3) is 0 Å². The molecule has 0 amide bonds. The molecule has 0 aromatic heterocycles. The van der Waals surface area contributed by atoms with E-state index in [1.54, 1.807) is 109 Å². The van der Waals surface area contributed by atoms with Crippen molar-refractivity contribution in [1.29, 1.82) is 0 Å². The Bertz CT molecular complexity index is 4260. The molecule has 0 saturated heterocycles. The minimum atomic E-state index is -0.383. The van der Waals surface area contributed by atoms with Crippen molar-refractivity contribution in [2.75, 3.05) is 198 Å². The Hall–Kier alpha value is -10.5. The summed E-state index contributed by atoms with van der Waals surface area (Å²) >= 11 is 0. The lowest BCUT2D eigenvalue weighted by Crippen LogP contribution is -2.37.